The summed E-state index contributed by atoms with van der Waals surface area (Å²) in [4.78, 5) is 51.0. The van der Waals surface area contributed by atoms with E-state index in [4.69, 9.17) is 4.74 Å². The van der Waals surface area contributed by atoms with E-state index >= 15 is 0 Å². The maximum Gasteiger partial charge on any atom is 0.247 e. The first kappa shape index (κ1) is 32.0. The molecule has 0 radical (unpaired) electrons. The lowest BCUT2D eigenvalue weighted by atomic mass is 9.65. The lowest BCUT2D eigenvalue weighted by molar-refractivity contribution is -0.148. The minimum absolute atomic E-state index is 0.00946. The Labute approximate surface area is 250 Å². The Morgan fingerprint density at radius 2 is 1.78 bits per heavy atom. The number of aliphatic hydroxyl groups excluding tert-OH is 1. The summed E-state index contributed by atoms with van der Waals surface area (Å²) in [7, 11) is 0. The average molecular weight is 591 g/mol. The fourth-order valence-electron chi connectivity index (χ4n) is 7.63. The minimum Gasteiger partial charge on any atom is -0.394 e. The normalized spacial score (nSPS) is 31.8. The first-order valence-electron chi connectivity index (χ1n) is 15.4. The van der Waals surface area contributed by atoms with Gasteiger partial charge in [0.2, 0.25) is 17.7 Å². The van der Waals surface area contributed by atoms with Crippen LogP contribution in [-0.4, -0.2) is 130 Å². The van der Waals surface area contributed by atoms with Crippen molar-refractivity contribution < 1.29 is 24.2 Å². The topological polar surface area (TPSA) is 93.6 Å². The van der Waals surface area contributed by atoms with E-state index in [0.29, 0.717) is 45.9 Å². The van der Waals surface area contributed by atoms with Gasteiger partial charge in [-0.05, 0) is 24.7 Å². The highest BCUT2D eigenvalue weighted by Gasteiger charge is 2.77. The van der Waals surface area contributed by atoms with Crippen molar-refractivity contribution >= 4 is 29.5 Å². The molecule has 4 aliphatic heterocycles. The van der Waals surface area contributed by atoms with Gasteiger partial charge in [-0.15, -0.1) is 24.9 Å². The number of carbonyl (C=O) groups excluding carboxylic acids is 3. The number of thioether (sulfide) groups is 1. The van der Waals surface area contributed by atoms with E-state index in [2.05, 4.69) is 25.0 Å². The largest absolute Gasteiger partial charge is 0.394 e. The molecule has 4 saturated heterocycles. The highest BCUT2D eigenvalue weighted by molar-refractivity contribution is 8.02. The molecule has 10 heteroatoms. The molecule has 41 heavy (non-hydrogen) atoms. The van der Waals surface area contributed by atoms with E-state index < -0.39 is 28.7 Å². The predicted molar refractivity (Wildman–Crippen MR) is 162 cm³/mol. The number of ether oxygens (including phenoxy) is 1. The maximum atomic E-state index is 14.7. The molecule has 0 aliphatic carbocycles. The van der Waals surface area contributed by atoms with Gasteiger partial charge in [0.1, 0.15) is 6.04 Å². The van der Waals surface area contributed by atoms with Gasteiger partial charge in [0, 0.05) is 51.1 Å². The van der Waals surface area contributed by atoms with Crippen LogP contribution in [0.2, 0.25) is 0 Å². The van der Waals surface area contributed by atoms with Crippen LogP contribution in [0.5, 0.6) is 0 Å². The molecule has 4 fully saturated rings. The fourth-order valence-corrected chi connectivity index (χ4v) is 10.0. The summed E-state index contributed by atoms with van der Waals surface area (Å²) in [5, 5.41) is 10.5. The third-order valence-corrected chi connectivity index (χ3v) is 11.7. The van der Waals surface area contributed by atoms with Crippen LogP contribution in [0.3, 0.4) is 0 Å². The molecule has 230 valence electrons. The second-order valence-electron chi connectivity index (χ2n) is 12.4. The van der Waals surface area contributed by atoms with E-state index in [9.17, 15) is 19.5 Å². The number of amides is 3. The van der Waals surface area contributed by atoms with Crippen molar-refractivity contribution in [3.63, 3.8) is 0 Å². The molecular formula is C31H50N4O5S. The van der Waals surface area contributed by atoms with Gasteiger partial charge in [0.05, 0.1) is 42.4 Å². The molecule has 3 amide bonds. The number of nitrogens with zero attached hydrogens (tertiary/aromatic N) is 4. The smallest absolute Gasteiger partial charge is 0.247 e. The summed E-state index contributed by atoms with van der Waals surface area (Å²) >= 11 is 1.70. The lowest BCUT2D eigenvalue weighted by Crippen LogP contribution is -2.60. The summed E-state index contributed by atoms with van der Waals surface area (Å²) in [6, 6.07) is -1.25. The molecule has 3 unspecified atom stereocenters. The molecule has 1 spiro atoms. The van der Waals surface area contributed by atoms with Gasteiger partial charge < -0.3 is 24.5 Å². The van der Waals surface area contributed by atoms with Crippen LogP contribution in [0.25, 0.3) is 0 Å². The summed E-state index contributed by atoms with van der Waals surface area (Å²) in [5.41, 5.74) is 0. The number of likely N-dealkylation sites (tertiary alicyclic amines) is 1. The van der Waals surface area contributed by atoms with Crippen molar-refractivity contribution in [1.29, 1.82) is 0 Å². The summed E-state index contributed by atoms with van der Waals surface area (Å²) < 4.78 is 4.78. The predicted octanol–water partition coefficient (Wildman–Crippen LogP) is 2.11. The maximum absolute atomic E-state index is 14.7. The third-order valence-electron chi connectivity index (χ3n) is 9.62. The molecule has 4 rings (SSSR count). The molecule has 0 saturated carbocycles. The summed E-state index contributed by atoms with van der Waals surface area (Å²) in [6.45, 7) is 21.4. The monoisotopic (exact) mass is 590 g/mol. The van der Waals surface area contributed by atoms with Crippen LogP contribution in [0, 0.1) is 23.7 Å². The number of rotatable bonds is 14. The Balaban J connectivity index is 1.74. The van der Waals surface area contributed by atoms with E-state index in [-0.39, 0.29) is 41.4 Å². The first-order valence-corrected chi connectivity index (χ1v) is 16.3. The quantitative estimate of drug-likeness (QED) is 0.310. The zero-order valence-corrected chi connectivity index (χ0v) is 26.2. The van der Waals surface area contributed by atoms with Gasteiger partial charge in [-0.2, -0.15) is 0 Å². The Bertz CT molecular complexity index is 988. The van der Waals surface area contributed by atoms with Crippen molar-refractivity contribution in [3.05, 3.63) is 25.3 Å². The SMILES string of the molecule is C=CCN(CCN1CCOCC1)C(=O)C1N([C@@H](CO)C(C)C)C(=O)[C@@H]2[C@@H](C(=O)N(CC=C)CCC)[C@H]3CC(C)C12S3. The van der Waals surface area contributed by atoms with Crippen LogP contribution in [-0.2, 0) is 19.1 Å². The summed E-state index contributed by atoms with van der Waals surface area (Å²) in [5.74, 6) is -1.32. The molecule has 9 nitrogen and oxygen atoms in total. The van der Waals surface area contributed by atoms with Gasteiger partial charge in [-0.1, -0.05) is 39.8 Å². The van der Waals surface area contributed by atoms with Crippen molar-refractivity contribution in [2.75, 3.05) is 65.6 Å². The molecular weight excluding hydrogens is 540 g/mol. The van der Waals surface area contributed by atoms with Crippen LogP contribution >= 0.6 is 11.8 Å². The molecule has 4 heterocycles. The first-order chi connectivity index (χ1) is 19.7. The van der Waals surface area contributed by atoms with Gasteiger partial charge in [0.25, 0.3) is 0 Å². The Kier molecular flexibility index (Phi) is 10.6. The molecule has 4 aliphatic rings. The van der Waals surface area contributed by atoms with Crippen LogP contribution in [0.1, 0.15) is 40.5 Å². The molecule has 0 aromatic carbocycles. The Morgan fingerprint density at radius 1 is 1.15 bits per heavy atom. The molecule has 0 aromatic heterocycles. The van der Waals surface area contributed by atoms with Gasteiger partial charge >= 0.3 is 0 Å². The van der Waals surface area contributed by atoms with Gasteiger partial charge in [0.15, 0.2) is 0 Å². The summed E-state index contributed by atoms with van der Waals surface area (Å²) in [6.07, 6.45) is 5.09. The molecule has 2 bridgehead atoms. The Hall–Kier alpha value is -1.88. The number of aliphatic hydroxyl groups is 1. The lowest BCUT2D eigenvalue weighted by Gasteiger charge is -2.43. The number of hydrogen-bond acceptors (Lipinski definition) is 7. The highest BCUT2D eigenvalue weighted by Crippen LogP contribution is 2.69. The number of hydrogen-bond donors (Lipinski definition) is 1. The molecule has 7 atom stereocenters. The second-order valence-corrected chi connectivity index (χ2v) is 13.9. The van der Waals surface area contributed by atoms with Crippen molar-refractivity contribution in [3.8, 4) is 0 Å². The van der Waals surface area contributed by atoms with Crippen LogP contribution < -0.4 is 0 Å². The van der Waals surface area contributed by atoms with Crippen molar-refractivity contribution in [2.24, 2.45) is 23.7 Å². The number of fused-ring (bicyclic) bond motifs is 1. The van der Waals surface area contributed by atoms with E-state index in [0.717, 1.165) is 25.9 Å². The third kappa shape index (κ3) is 5.74. The molecule has 0 aromatic rings. The highest BCUT2D eigenvalue weighted by atomic mass is 32.2. The average Bonchev–Trinajstić information content (AvgIpc) is 3.55. The van der Waals surface area contributed by atoms with Gasteiger partial charge in [-0.25, -0.2) is 0 Å². The van der Waals surface area contributed by atoms with Crippen molar-refractivity contribution in [2.45, 2.75) is 62.6 Å². The molecule has 1 N–H and O–H groups in total. The standard InChI is InChI=1S/C31H50N4O5S/c1-7-10-33(11-8-2)28(37)25-24-19-22(6)31(41-24)26(25)29(38)35(23(20-36)21(4)5)27(31)30(39)34(12-9-3)14-13-32-15-17-40-18-16-32/h7,9,21-27,36H,1,3,8,10-20H2,2,4-6H3/t22?,23-,24+,25-,26-,27?,31?/m0/s1. The van der Waals surface area contributed by atoms with E-state index in [1.54, 1.807) is 28.8 Å². The van der Waals surface area contributed by atoms with Crippen LogP contribution in [0.4, 0.5) is 0 Å². The van der Waals surface area contributed by atoms with E-state index in [1.165, 1.54) is 0 Å². The van der Waals surface area contributed by atoms with Gasteiger partial charge in [-0.3, -0.25) is 19.3 Å². The van der Waals surface area contributed by atoms with Crippen LogP contribution in [0.15, 0.2) is 25.3 Å². The second kappa shape index (κ2) is 13.6. The number of carbonyl (C=O) groups is 3. The van der Waals surface area contributed by atoms with E-state index in [1.807, 2.05) is 30.6 Å². The zero-order chi connectivity index (χ0) is 29.9. The zero-order valence-electron chi connectivity index (χ0n) is 25.4. The fraction of sp³-hybridized carbons (Fsp3) is 0.774. The minimum atomic E-state index is -0.744. The van der Waals surface area contributed by atoms with Crippen molar-refractivity contribution in [1.82, 2.24) is 19.6 Å². The Morgan fingerprint density at radius 3 is 2.34 bits per heavy atom. The number of morpholine rings is 1.